The lowest BCUT2D eigenvalue weighted by atomic mass is 9.77. The highest BCUT2D eigenvalue weighted by atomic mass is 15.1. The second kappa shape index (κ2) is 6.75. The molecule has 0 saturated heterocycles. The summed E-state index contributed by atoms with van der Waals surface area (Å²) in [5, 5.41) is 3.75. The maximum absolute atomic E-state index is 4.61. The largest absolute Gasteiger partial charge is 0.335 e. The standard InChI is InChI=1S/C17H29N3/c1-2-10-20-11-9-18-17(20)12-14-5-3-4-6-15(14)13-19-16-7-8-16/h9,11,14-16,19H,2-8,10,12-13H2,1H3. The SMILES string of the molecule is CCCn1ccnc1CC1CCCCC1CNC1CC1. The van der Waals surface area contributed by atoms with Gasteiger partial charge in [0.25, 0.3) is 0 Å². The van der Waals surface area contributed by atoms with E-state index in [9.17, 15) is 0 Å². The van der Waals surface area contributed by atoms with Crippen molar-refractivity contribution in [1.29, 1.82) is 0 Å². The van der Waals surface area contributed by atoms with Crippen molar-refractivity contribution in [3.63, 3.8) is 0 Å². The quantitative estimate of drug-likeness (QED) is 0.826. The summed E-state index contributed by atoms with van der Waals surface area (Å²) in [6.07, 6.45) is 15.0. The van der Waals surface area contributed by atoms with Crippen molar-refractivity contribution in [2.24, 2.45) is 11.8 Å². The van der Waals surface area contributed by atoms with Crippen LogP contribution in [-0.4, -0.2) is 22.1 Å². The molecule has 112 valence electrons. The highest BCUT2D eigenvalue weighted by Crippen LogP contribution is 2.32. The van der Waals surface area contributed by atoms with Crippen LogP contribution in [0.1, 0.15) is 57.7 Å². The molecule has 3 rings (SSSR count). The number of hydrogen-bond acceptors (Lipinski definition) is 2. The number of hydrogen-bond donors (Lipinski definition) is 1. The zero-order valence-corrected chi connectivity index (χ0v) is 12.9. The second-order valence-corrected chi connectivity index (χ2v) is 6.73. The third kappa shape index (κ3) is 3.63. The van der Waals surface area contributed by atoms with Crippen molar-refractivity contribution >= 4 is 0 Å². The minimum absolute atomic E-state index is 0.841. The Balaban J connectivity index is 1.58. The zero-order valence-electron chi connectivity index (χ0n) is 12.9. The summed E-state index contributed by atoms with van der Waals surface area (Å²) in [6, 6.07) is 0.847. The molecule has 0 aliphatic heterocycles. The van der Waals surface area contributed by atoms with Crippen LogP contribution < -0.4 is 5.32 Å². The molecule has 0 bridgehead atoms. The van der Waals surface area contributed by atoms with Gasteiger partial charge in [-0.1, -0.05) is 19.8 Å². The molecule has 2 aliphatic rings. The van der Waals surface area contributed by atoms with Gasteiger partial charge in [0.15, 0.2) is 0 Å². The number of nitrogens with one attached hydrogen (secondary N) is 1. The van der Waals surface area contributed by atoms with Crippen molar-refractivity contribution in [3.05, 3.63) is 18.2 Å². The fraction of sp³-hybridized carbons (Fsp3) is 0.824. The molecule has 3 heteroatoms. The Kier molecular flexibility index (Phi) is 4.77. The fourth-order valence-electron chi connectivity index (χ4n) is 3.64. The molecule has 0 radical (unpaired) electrons. The molecule has 1 heterocycles. The van der Waals surface area contributed by atoms with Crippen LogP contribution in [0.2, 0.25) is 0 Å². The zero-order chi connectivity index (χ0) is 13.8. The van der Waals surface area contributed by atoms with Crippen LogP contribution in [-0.2, 0) is 13.0 Å². The Morgan fingerprint density at radius 3 is 2.75 bits per heavy atom. The van der Waals surface area contributed by atoms with Crippen LogP contribution in [0, 0.1) is 11.8 Å². The van der Waals surface area contributed by atoms with Gasteiger partial charge in [0.05, 0.1) is 0 Å². The Bertz CT molecular complexity index is 408. The minimum Gasteiger partial charge on any atom is -0.335 e. The summed E-state index contributed by atoms with van der Waals surface area (Å²) >= 11 is 0. The molecule has 1 aromatic rings. The normalized spacial score (nSPS) is 26.9. The van der Waals surface area contributed by atoms with E-state index >= 15 is 0 Å². The first kappa shape index (κ1) is 14.1. The third-order valence-corrected chi connectivity index (χ3v) is 5.02. The van der Waals surface area contributed by atoms with E-state index in [2.05, 4.69) is 28.0 Å². The highest BCUT2D eigenvalue weighted by Gasteiger charge is 2.28. The predicted octanol–water partition coefficient (Wildman–Crippen LogP) is 3.39. The van der Waals surface area contributed by atoms with Gasteiger partial charge in [-0.05, 0) is 50.5 Å². The van der Waals surface area contributed by atoms with E-state index in [1.165, 1.54) is 63.7 Å². The summed E-state index contributed by atoms with van der Waals surface area (Å²) in [5.41, 5.74) is 0. The van der Waals surface area contributed by atoms with Crippen molar-refractivity contribution in [1.82, 2.24) is 14.9 Å². The summed E-state index contributed by atoms with van der Waals surface area (Å²) in [4.78, 5) is 4.61. The van der Waals surface area contributed by atoms with E-state index in [0.717, 1.165) is 24.4 Å². The first-order valence-electron chi connectivity index (χ1n) is 8.60. The van der Waals surface area contributed by atoms with Gasteiger partial charge in [0.1, 0.15) is 5.82 Å². The van der Waals surface area contributed by atoms with Crippen LogP contribution in [0.4, 0.5) is 0 Å². The topological polar surface area (TPSA) is 29.9 Å². The lowest BCUT2D eigenvalue weighted by molar-refractivity contribution is 0.223. The van der Waals surface area contributed by atoms with Gasteiger partial charge in [-0.2, -0.15) is 0 Å². The lowest BCUT2D eigenvalue weighted by Crippen LogP contribution is -2.33. The first-order chi connectivity index (χ1) is 9.86. The Morgan fingerprint density at radius 2 is 2.00 bits per heavy atom. The van der Waals surface area contributed by atoms with Gasteiger partial charge in [0.2, 0.25) is 0 Å². The second-order valence-electron chi connectivity index (χ2n) is 6.73. The highest BCUT2D eigenvalue weighted by molar-refractivity contribution is 4.96. The van der Waals surface area contributed by atoms with Crippen molar-refractivity contribution in [3.8, 4) is 0 Å². The van der Waals surface area contributed by atoms with E-state index in [1.807, 2.05) is 6.20 Å². The molecule has 2 aliphatic carbocycles. The number of nitrogens with zero attached hydrogens (tertiary/aromatic N) is 2. The molecule has 0 amide bonds. The first-order valence-corrected chi connectivity index (χ1v) is 8.60. The van der Waals surface area contributed by atoms with Gasteiger partial charge < -0.3 is 9.88 Å². The summed E-state index contributed by atoms with van der Waals surface area (Å²) < 4.78 is 2.36. The lowest BCUT2D eigenvalue weighted by Gasteiger charge is -2.32. The molecule has 0 aromatic carbocycles. The molecule has 2 saturated carbocycles. The predicted molar refractivity (Wildman–Crippen MR) is 82.7 cm³/mol. The smallest absolute Gasteiger partial charge is 0.108 e. The third-order valence-electron chi connectivity index (χ3n) is 5.02. The van der Waals surface area contributed by atoms with E-state index in [0.29, 0.717) is 0 Å². The Hall–Kier alpha value is -0.830. The van der Waals surface area contributed by atoms with Crippen LogP contribution >= 0.6 is 0 Å². The van der Waals surface area contributed by atoms with Crippen molar-refractivity contribution in [2.75, 3.05) is 6.54 Å². The molecule has 1 aromatic heterocycles. The molecule has 2 fully saturated rings. The Morgan fingerprint density at radius 1 is 1.20 bits per heavy atom. The number of imidazole rings is 1. The van der Waals surface area contributed by atoms with Gasteiger partial charge in [-0.3, -0.25) is 0 Å². The molecule has 2 unspecified atom stereocenters. The van der Waals surface area contributed by atoms with Crippen LogP contribution in [0.3, 0.4) is 0 Å². The van der Waals surface area contributed by atoms with Gasteiger partial charge in [0, 0.05) is 31.4 Å². The van der Waals surface area contributed by atoms with E-state index in [1.54, 1.807) is 0 Å². The molecule has 3 nitrogen and oxygen atoms in total. The average molecular weight is 275 g/mol. The number of aryl methyl sites for hydroxylation is 1. The van der Waals surface area contributed by atoms with Crippen LogP contribution in [0.25, 0.3) is 0 Å². The summed E-state index contributed by atoms with van der Waals surface area (Å²) in [5.74, 6) is 3.03. The monoisotopic (exact) mass is 275 g/mol. The molecule has 20 heavy (non-hydrogen) atoms. The maximum atomic E-state index is 4.61. The number of rotatable bonds is 7. The molecule has 0 spiro atoms. The van der Waals surface area contributed by atoms with Gasteiger partial charge in [-0.25, -0.2) is 4.98 Å². The maximum Gasteiger partial charge on any atom is 0.108 e. The molecular weight excluding hydrogens is 246 g/mol. The minimum atomic E-state index is 0.841. The summed E-state index contributed by atoms with van der Waals surface area (Å²) in [6.45, 7) is 4.60. The van der Waals surface area contributed by atoms with Gasteiger partial charge >= 0.3 is 0 Å². The average Bonchev–Trinajstić information content (AvgIpc) is 3.20. The van der Waals surface area contributed by atoms with E-state index in [-0.39, 0.29) is 0 Å². The van der Waals surface area contributed by atoms with Crippen molar-refractivity contribution in [2.45, 2.75) is 70.9 Å². The van der Waals surface area contributed by atoms with Crippen molar-refractivity contribution < 1.29 is 0 Å². The summed E-state index contributed by atoms with van der Waals surface area (Å²) in [7, 11) is 0. The van der Waals surface area contributed by atoms with E-state index < -0.39 is 0 Å². The molecule has 1 N–H and O–H groups in total. The number of aromatic nitrogens is 2. The Labute approximate surface area is 123 Å². The molecular formula is C17H29N3. The van der Waals surface area contributed by atoms with E-state index in [4.69, 9.17) is 0 Å². The van der Waals surface area contributed by atoms with Crippen LogP contribution in [0.15, 0.2) is 12.4 Å². The van der Waals surface area contributed by atoms with Crippen LogP contribution in [0.5, 0.6) is 0 Å². The fourth-order valence-corrected chi connectivity index (χ4v) is 3.64. The van der Waals surface area contributed by atoms with Gasteiger partial charge in [-0.15, -0.1) is 0 Å². The molecule has 2 atom stereocenters.